The maximum atomic E-state index is 12.7. The van der Waals surface area contributed by atoms with Gasteiger partial charge >= 0.3 is 0 Å². The molecule has 0 spiro atoms. The molecule has 0 unspecified atom stereocenters. The fourth-order valence-electron chi connectivity index (χ4n) is 4.62. The minimum Gasteiger partial charge on any atom is -0.354 e. The van der Waals surface area contributed by atoms with Crippen molar-refractivity contribution in [3.05, 3.63) is 47.7 Å². The molecule has 2 aliphatic heterocycles. The van der Waals surface area contributed by atoms with Crippen LogP contribution in [0.15, 0.2) is 30.6 Å². The molecule has 0 aromatic carbocycles. The zero-order valence-corrected chi connectivity index (χ0v) is 16.8. The molecule has 0 radical (unpaired) electrons. The zero-order valence-electron chi connectivity index (χ0n) is 16.8. The van der Waals surface area contributed by atoms with Crippen LogP contribution < -0.4 is 4.90 Å². The average molecular weight is 390 g/mol. The summed E-state index contributed by atoms with van der Waals surface area (Å²) in [6.07, 6.45) is 7.51. The highest BCUT2D eigenvalue weighted by molar-refractivity contribution is 5.92. The van der Waals surface area contributed by atoms with Crippen LogP contribution in [-0.2, 0) is 0 Å². The van der Waals surface area contributed by atoms with E-state index in [0.29, 0.717) is 29.0 Å². The van der Waals surface area contributed by atoms with Crippen LogP contribution in [0.1, 0.15) is 47.6 Å². The Labute approximate surface area is 171 Å². The lowest BCUT2D eigenvalue weighted by Gasteiger charge is -2.40. The van der Waals surface area contributed by atoms with E-state index < -0.39 is 0 Å². The Hall–Kier alpha value is -3.01. The summed E-state index contributed by atoms with van der Waals surface area (Å²) in [5.41, 5.74) is 1.83. The van der Waals surface area contributed by atoms with Gasteiger partial charge in [0.2, 0.25) is 0 Å². The van der Waals surface area contributed by atoms with Crippen molar-refractivity contribution in [3.8, 4) is 6.07 Å². The first-order valence-corrected chi connectivity index (χ1v) is 10.3. The van der Waals surface area contributed by atoms with Crippen molar-refractivity contribution in [2.75, 3.05) is 31.1 Å². The Morgan fingerprint density at radius 2 is 1.69 bits per heavy atom. The number of amides is 1. The van der Waals surface area contributed by atoms with Gasteiger partial charge in [0.15, 0.2) is 11.5 Å². The number of piperidine rings is 2. The summed E-state index contributed by atoms with van der Waals surface area (Å²) >= 11 is 0. The highest BCUT2D eigenvalue weighted by atomic mass is 16.2. The van der Waals surface area contributed by atoms with Gasteiger partial charge in [-0.05, 0) is 56.6 Å². The third-order valence-electron chi connectivity index (χ3n) is 6.22. The minimum atomic E-state index is 0.0497. The molecule has 2 saturated heterocycles. The molecule has 2 aromatic heterocycles. The Kier molecular flexibility index (Phi) is 5.70. The first kappa shape index (κ1) is 19.3. The topological polar surface area (TPSA) is 86.0 Å². The molecular weight excluding hydrogens is 364 g/mol. The summed E-state index contributed by atoms with van der Waals surface area (Å²) < 4.78 is 0. The SMILES string of the molecule is Cc1cccc(C(=O)N2CCC(C3CCN(c4nccnc4C#N)CC3)CC2)n1. The lowest BCUT2D eigenvalue weighted by atomic mass is 9.78. The molecule has 0 saturated carbocycles. The van der Waals surface area contributed by atoms with E-state index in [2.05, 4.69) is 25.9 Å². The van der Waals surface area contributed by atoms with Gasteiger partial charge < -0.3 is 9.80 Å². The minimum absolute atomic E-state index is 0.0497. The predicted octanol–water partition coefficient (Wildman–Crippen LogP) is 2.82. The number of hydrogen-bond acceptors (Lipinski definition) is 6. The molecule has 0 atom stereocenters. The number of aryl methyl sites for hydroxylation is 1. The predicted molar refractivity (Wildman–Crippen MR) is 109 cm³/mol. The lowest BCUT2D eigenvalue weighted by molar-refractivity contribution is 0.0639. The molecule has 0 aliphatic carbocycles. The number of hydrogen-bond donors (Lipinski definition) is 0. The second-order valence-electron chi connectivity index (χ2n) is 7.96. The fourth-order valence-corrected chi connectivity index (χ4v) is 4.62. The number of pyridine rings is 1. The van der Waals surface area contributed by atoms with Crippen LogP contribution in [0.3, 0.4) is 0 Å². The smallest absolute Gasteiger partial charge is 0.272 e. The molecule has 29 heavy (non-hydrogen) atoms. The Morgan fingerprint density at radius 1 is 1.03 bits per heavy atom. The van der Waals surface area contributed by atoms with E-state index in [9.17, 15) is 10.1 Å². The zero-order chi connectivity index (χ0) is 20.2. The summed E-state index contributed by atoms with van der Waals surface area (Å²) in [4.78, 5) is 29.7. The number of carbonyl (C=O) groups excluding carboxylic acids is 1. The van der Waals surface area contributed by atoms with Crippen molar-refractivity contribution in [2.24, 2.45) is 11.8 Å². The van der Waals surface area contributed by atoms with Gasteiger partial charge in [0, 0.05) is 44.3 Å². The Balaban J connectivity index is 1.30. The quantitative estimate of drug-likeness (QED) is 0.801. The lowest BCUT2D eigenvalue weighted by Crippen LogP contribution is -2.43. The maximum Gasteiger partial charge on any atom is 0.272 e. The van der Waals surface area contributed by atoms with Gasteiger partial charge in [-0.1, -0.05) is 6.07 Å². The van der Waals surface area contributed by atoms with E-state index in [1.807, 2.05) is 24.0 Å². The molecule has 2 aliphatic rings. The van der Waals surface area contributed by atoms with E-state index in [1.165, 1.54) is 0 Å². The molecule has 150 valence electrons. The molecular formula is C22H26N6O. The van der Waals surface area contributed by atoms with Crippen LogP contribution in [-0.4, -0.2) is 51.9 Å². The Morgan fingerprint density at radius 3 is 2.34 bits per heavy atom. The molecule has 4 rings (SSSR count). The van der Waals surface area contributed by atoms with Crippen LogP contribution in [0.2, 0.25) is 0 Å². The van der Waals surface area contributed by atoms with Gasteiger partial charge in [-0.25, -0.2) is 15.0 Å². The number of likely N-dealkylation sites (tertiary alicyclic amines) is 1. The van der Waals surface area contributed by atoms with Crippen LogP contribution >= 0.6 is 0 Å². The molecule has 1 amide bonds. The third-order valence-corrected chi connectivity index (χ3v) is 6.22. The third kappa shape index (κ3) is 4.21. The molecule has 0 bridgehead atoms. The van der Waals surface area contributed by atoms with Crippen molar-refractivity contribution in [3.63, 3.8) is 0 Å². The Bertz CT molecular complexity index is 908. The summed E-state index contributed by atoms with van der Waals surface area (Å²) in [6.45, 7) is 5.34. The van der Waals surface area contributed by atoms with Gasteiger partial charge in [-0.3, -0.25) is 4.79 Å². The number of aromatic nitrogens is 3. The number of nitrogens with zero attached hydrogens (tertiary/aromatic N) is 6. The van der Waals surface area contributed by atoms with Gasteiger partial charge in [0.25, 0.3) is 5.91 Å². The number of rotatable bonds is 3. The number of nitriles is 1. The number of carbonyl (C=O) groups is 1. The van der Waals surface area contributed by atoms with E-state index in [1.54, 1.807) is 18.5 Å². The van der Waals surface area contributed by atoms with Crippen LogP contribution in [0.4, 0.5) is 5.82 Å². The van der Waals surface area contributed by atoms with E-state index in [0.717, 1.165) is 57.6 Å². The van der Waals surface area contributed by atoms with Gasteiger partial charge in [-0.15, -0.1) is 0 Å². The van der Waals surface area contributed by atoms with Crippen LogP contribution in [0, 0.1) is 30.1 Å². The monoisotopic (exact) mass is 390 g/mol. The van der Waals surface area contributed by atoms with E-state index in [-0.39, 0.29) is 5.91 Å². The van der Waals surface area contributed by atoms with Gasteiger partial charge in [0.1, 0.15) is 11.8 Å². The maximum absolute atomic E-state index is 12.7. The largest absolute Gasteiger partial charge is 0.354 e. The first-order chi connectivity index (χ1) is 14.2. The summed E-state index contributed by atoms with van der Waals surface area (Å²) in [6, 6.07) is 7.75. The first-order valence-electron chi connectivity index (χ1n) is 10.3. The molecule has 7 heteroatoms. The number of anilines is 1. The second-order valence-corrected chi connectivity index (χ2v) is 7.96. The van der Waals surface area contributed by atoms with Crippen molar-refractivity contribution in [1.82, 2.24) is 19.9 Å². The molecule has 4 heterocycles. The van der Waals surface area contributed by atoms with Gasteiger partial charge in [-0.2, -0.15) is 5.26 Å². The highest BCUT2D eigenvalue weighted by Crippen LogP contribution is 2.34. The van der Waals surface area contributed by atoms with E-state index >= 15 is 0 Å². The summed E-state index contributed by atoms with van der Waals surface area (Å²) in [5, 5.41) is 9.26. The highest BCUT2D eigenvalue weighted by Gasteiger charge is 2.32. The second kappa shape index (κ2) is 8.56. The van der Waals surface area contributed by atoms with Crippen molar-refractivity contribution < 1.29 is 4.79 Å². The molecule has 7 nitrogen and oxygen atoms in total. The summed E-state index contributed by atoms with van der Waals surface area (Å²) in [5.74, 6) is 2.08. The molecule has 0 N–H and O–H groups in total. The van der Waals surface area contributed by atoms with Crippen molar-refractivity contribution in [1.29, 1.82) is 5.26 Å². The fraction of sp³-hybridized carbons (Fsp3) is 0.500. The standard InChI is InChI=1S/C22H26N6O/c1-16-3-2-4-19(26-16)22(29)28-13-7-18(8-14-28)17-5-11-27(12-6-17)21-20(15-23)24-9-10-25-21/h2-4,9-10,17-18H,5-8,11-14H2,1H3. The van der Waals surface area contributed by atoms with Crippen molar-refractivity contribution >= 4 is 11.7 Å². The van der Waals surface area contributed by atoms with Crippen LogP contribution in [0.5, 0.6) is 0 Å². The van der Waals surface area contributed by atoms with E-state index in [4.69, 9.17) is 0 Å². The van der Waals surface area contributed by atoms with Crippen molar-refractivity contribution in [2.45, 2.75) is 32.6 Å². The van der Waals surface area contributed by atoms with Gasteiger partial charge in [0.05, 0.1) is 0 Å². The normalized spacial score (nSPS) is 18.5. The average Bonchev–Trinajstić information content (AvgIpc) is 2.79. The molecule has 2 aromatic rings. The van der Waals surface area contributed by atoms with Crippen LogP contribution in [0.25, 0.3) is 0 Å². The summed E-state index contributed by atoms with van der Waals surface area (Å²) in [7, 11) is 0. The molecule has 2 fully saturated rings.